The van der Waals surface area contributed by atoms with Gasteiger partial charge in [0.05, 0.1) is 16.8 Å². The van der Waals surface area contributed by atoms with Crippen LogP contribution >= 0.6 is 11.6 Å². The highest BCUT2D eigenvalue weighted by atomic mass is 35.5. The largest absolute Gasteiger partial charge is 0.444 e. The molecule has 0 saturated carbocycles. The minimum absolute atomic E-state index is 0.227. The Morgan fingerprint density at radius 3 is 2.68 bits per heavy atom. The Balaban J connectivity index is 1.70. The van der Waals surface area contributed by atoms with Crippen LogP contribution in [0.25, 0.3) is 0 Å². The molecular formula is C20H23ClN2O2. The molecule has 5 heteroatoms. The van der Waals surface area contributed by atoms with E-state index < -0.39 is 11.7 Å². The summed E-state index contributed by atoms with van der Waals surface area (Å²) in [7, 11) is 0. The van der Waals surface area contributed by atoms with Crippen molar-refractivity contribution in [1.82, 2.24) is 0 Å². The third-order valence-corrected chi connectivity index (χ3v) is 4.40. The summed E-state index contributed by atoms with van der Waals surface area (Å²) in [4.78, 5) is 11.9. The molecule has 0 fully saturated rings. The lowest BCUT2D eigenvalue weighted by molar-refractivity contribution is 0.0636. The first-order chi connectivity index (χ1) is 11.8. The topological polar surface area (TPSA) is 50.4 Å². The van der Waals surface area contributed by atoms with Crippen LogP contribution in [0.1, 0.15) is 44.4 Å². The van der Waals surface area contributed by atoms with Crippen molar-refractivity contribution in [3.63, 3.8) is 0 Å². The number of carbonyl (C=O) groups excluding carboxylic acids is 1. The van der Waals surface area contributed by atoms with Crippen molar-refractivity contribution in [3.8, 4) is 0 Å². The molecule has 3 rings (SSSR count). The Kier molecular flexibility index (Phi) is 4.91. The van der Waals surface area contributed by atoms with E-state index in [-0.39, 0.29) is 6.04 Å². The van der Waals surface area contributed by atoms with Gasteiger partial charge in [-0.2, -0.15) is 0 Å². The monoisotopic (exact) mass is 358 g/mol. The van der Waals surface area contributed by atoms with Crippen LogP contribution in [0.4, 0.5) is 16.2 Å². The van der Waals surface area contributed by atoms with Crippen LogP contribution in [0.15, 0.2) is 42.5 Å². The smallest absolute Gasteiger partial charge is 0.412 e. The maximum absolute atomic E-state index is 11.9. The standard InChI is InChI=1S/C20H23ClN2O2/c1-20(2,3)25-19(24)22-14-9-10-15-13(12-14)8-11-17(15)23-18-7-5-4-6-16(18)21/h4-7,9-10,12,17,23H,8,11H2,1-3H3,(H,22,24). The first-order valence-corrected chi connectivity index (χ1v) is 8.83. The van der Waals surface area contributed by atoms with Gasteiger partial charge >= 0.3 is 6.09 Å². The molecule has 2 aromatic carbocycles. The number of ether oxygens (including phenoxy) is 1. The van der Waals surface area contributed by atoms with Crippen LogP contribution in [-0.2, 0) is 11.2 Å². The Morgan fingerprint density at radius 1 is 1.20 bits per heavy atom. The second-order valence-corrected chi connectivity index (χ2v) is 7.66. The van der Waals surface area contributed by atoms with E-state index in [0.29, 0.717) is 0 Å². The van der Waals surface area contributed by atoms with Gasteiger partial charge in [0.2, 0.25) is 0 Å². The van der Waals surface area contributed by atoms with Gasteiger partial charge in [0.1, 0.15) is 5.60 Å². The summed E-state index contributed by atoms with van der Waals surface area (Å²) >= 11 is 6.24. The Bertz CT molecular complexity index is 784. The lowest BCUT2D eigenvalue weighted by Crippen LogP contribution is -2.27. The number of amides is 1. The molecule has 1 atom stereocenters. The van der Waals surface area contributed by atoms with E-state index in [1.54, 1.807) is 0 Å². The molecule has 0 bridgehead atoms. The molecule has 1 unspecified atom stereocenters. The number of hydrogen-bond donors (Lipinski definition) is 2. The molecule has 25 heavy (non-hydrogen) atoms. The van der Waals surface area contributed by atoms with Crippen molar-refractivity contribution in [2.24, 2.45) is 0 Å². The number of nitrogens with one attached hydrogen (secondary N) is 2. The first-order valence-electron chi connectivity index (χ1n) is 8.46. The molecule has 0 saturated heterocycles. The number of rotatable bonds is 3. The molecule has 2 N–H and O–H groups in total. The van der Waals surface area contributed by atoms with Crippen LogP contribution in [0.5, 0.6) is 0 Å². The molecule has 0 heterocycles. The SMILES string of the molecule is CC(C)(C)OC(=O)Nc1ccc2c(c1)CCC2Nc1ccccc1Cl. The number of halogens is 1. The van der Waals surface area contributed by atoms with Crippen LogP contribution in [-0.4, -0.2) is 11.7 Å². The molecule has 2 aromatic rings. The zero-order valence-electron chi connectivity index (χ0n) is 14.7. The number of para-hydroxylation sites is 1. The zero-order chi connectivity index (χ0) is 18.0. The van der Waals surface area contributed by atoms with E-state index in [1.165, 1.54) is 11.1 Å². The molecule has 1 amide bonds. The number of anilines is 2. The van der Waals surface area contributed by atoms with Gasteiger partial charge in [-0.1, -0.05) is 29.8 Å². The Morgan fingerprint density at radius 2 is 1.96 bits per heavy atom. The fourth-order valence-corrected chi connectivity index (χ4v) is 3.22. The van der Waals surface area contributed by atoms with Gasteiger partial charge in [-0.15, -0.1) is 0 Å². The number of carbonyl (C=O) groups is 1. The normalized spacial score (nSPS) is 16.2. The summed E-state index contributed by atoms with van der Waals surface area (Å²) in [5.41, 5.74) is 3.67. The number of aryl methyl sites for hydroxylation is 1. The summed E-state index contributed by atoms with van der Waals surface area (Å²) in [5, 5.41) is 7.03. The molecule has 0 radical (unpaired) electrons. The minimum atomic E-state index is -0.509. The van der Waals surface area contributed by atoms with Gasteiger partial charge in [-0.05, 0) is 69.0 Å². The summed E-state index contributed by atoms with van der Waals surface area (Å²) in [6.45, 7) is 5.54. The van der Waals surface area contributed by atoms with E-state index in [1.807, 2.05) is 57.2 Å². The summed E-state index contributed by atoms with van der Waals surface area (Å²) in [6.07, 6.45) is 1.52. The van der Waals surface area contributed by atoms with Gasteiger partial charge in [-0.3, -0.25) is 5.32 Å². The molecule has 1 aliphatic rings. The van der Waals surface area contributed by atoms with Crippen LogP contribution in [0.2, 0.25) is 5.02 Å². The maximum atomic E-state index is 11.9. The van der Waals surface area contributed by atoms with E-state index in [2.05, 4.69) is 16.7 Å². The fourth-order valence-electron chi connectivity index (χ4n) is 3.03. The van der Waals surface area contributed by atoms with Crippen molar-refractivity contribution >= 4 is 29.1 Å². The van der Waals surface area contributed by atoms with Crippen molar-refractivity contribution in [1.29, 1.82) is 0 Å². The van der Waals surface area contributed by atoms with Crippen molar-refractivity contribution in [2.45, 2.75) is 45.3 Å². The molecule has 0 spiro atoms. The summed E-state index contributed by atoms with van der Waals surface area (Å²) in [6, 6.07) is 14.0. The van der Waals surface area contributed by atoms with Crippen LogP contribution in [0.3, 0.4) is 0 Å². The average Bonchev–Trinajstić information content (AvgIpc) is 2.90. The third kappa shape index (κ3) is 4.45. The van der Waals surface area contributed by atoms with Gasteiger partial charge in [-0.25, -0.2) is 4.79 Å². The van der Waals surface area contributed by atoms with E-state index in [9.17, 15) is 4.79 Å². The zero-order valence-corrected chi connectivity index (χ0v) is 15.5. The van der Waals surface area contributed by atoms with Crippen molar-refractivity contribution < 1.29 is 9.53 Å². The molecule has 1 aliphatic carbocycles. The number of hydrogen-bond acceptors (Lipinski definition) is 3. The molecular weight excluding hydrogens is 336 g/mol. The second kappa shape index (κ2) is 6.96. The second-order valence-electron chi connectivity index (χ2n) is 7.26. The third-order valence-electron chi connectivity index (χ3n) is 4.07. The van der Waals surface area contributed by atoms with Crippen molar-refractivity contribution in [3.05, 3.63) is 58.6 Å². The van der Waals surface area contributed by atoms with Gasteiger partial charge in [0, 0.05) is 5.69 Å². The van der Waals surface area contributed by atoms with Gasteiger partial charge in [0.25, 0.3) is 0 Å². The summed E-state index contributed by atoms with van der Waals surface area (Å²) < 4.78 is 5.30. The Hall–Kier alpha value is -2.20. The quantitative estimate of drug-likeness (QED) is 0.730. The average molecular weight is 359 g/mol. The first kappa shape index (κ1) is 17.6. The Labute approximate surface area is 153 Å². The van der Waals surface area contributed by atoms with E-state index in [4.69, 9.17) is 16.3 Å². The van der Waals surface area contributed by atoms with Gasteiger partial charge in [0.15, 0.2) is 0 Å². The number of benzene rings is 2. The molecule has 132 valence electrons. The highest BCUT2D eigenvalue weighted by Gasteiger charge is 2.24. The van der Waals surface area contributed by atoms with E-state index in [0.717, 1.165) is 29.2 Å². The highest BCUT2D eigenvalue weighted by molar-refractivity contribution is 6.33. The van der Waals surface area contributed by atoms with Crippen LogP contribution < -0.4 is 10.6 Å². The highest BCUT2D eigenvalue weighted by Crippen LogP contribution is 2.36. The maximum Gasteiger partial charge on any atom is 0.412 e. The van der Waals surface area contributed by atoms with Crippen molar-refractivity contribution in [2.75, 3.05) is 10.6 Å². The summed E-state index contributed by atoms with van der Waals surface area (Å²) in [5.74, 6) is 0. The van der Waals surface area contributed by atoms with Crippen LogP contribution in [0, 0.1) is 0 Å². The number of fused-ring (bicyclic) bond motifs is 1. The predicted molar refractivity (Wildman–Crippen MR) is 102 cm³/mol. The fraction of sp³-hybridized carbons (Fsp3) is 0.350. The lowest BCUT2D eigenvalue weighted by Gasteiger charge is -2.20. The lowest BCUT2D eigenvalue weighted by atomic mass is 10.1. The van der Waals surface area contributed by atoms with E-state index >= 15 is 0 Å². The van der Waals surface area contributed by atoms with Gasteiger partial charge < -0.3 is 10.1 Å². The molecule has 4 nitrogen and oxygen atoms in total. The minimum Gasteiger partial charge on any atom is -0.444 e. The molecule has 0 aromatic heterocycles. The predicted octanol–water partition coefficient (Wildman–Crippen LogP) is 5.79. The molecule has 0 aliphatic heterocycles.